The molecule has 88 valence electrons. The van der Waals surface area contributed by atoms with Crippen molar-refractivity contribution in [3.05, 3.63) is 5.82 Å². The number of rotatable bonds is 4. The van der Waals surface area contributed by atoms with E-state index in [9.17, 15) is 4.79 Å². The zero-order chi connectivity index (χ0) is 11.5. The van der Waals surface area contributed by atoms with Gasteiger partial charge in [-0.2, -0.15) is 11.8 Å². The number of carboxylic acids is 1. The van der Waals surface area contributed by atoms with Gasteiger partial charge in [0, 0.05) is 0 Å². The second kappa shape index (κ2) is 4.82. The third-order valence-corrected chi connectivity index (χ3v) is 4.00. The van der Waals surface area contributed by atoms with Gasteiger partial charge in [-0.15, -0.1) is 5.10 Å². The van der Waals surface area contributed by atoms with Crippen molar-refractivity contribution in [2.75, 3.05) is 5.75 Å². The zero-order valence-electron chi connectivity index (χ0n) is 9.04. The topological polar surface area (TPSA) is 80.9 Å². The standard InChI is InChI=1S/C9H14N4O2S/c1-6(5-8(14)15)13-9(10-11-12-13)7-3-2-4-16-7/h6-7H,2-5H2,1H3,(H,14,15). The molecule has 0 bridgehead atoms. The maximum absolute atomic E-state index is 10.7. The molecule has 1 aromatic rings. The highest BCUT2D eigenvalue weighted by atomic mass is 32.2. The summed E-state index contributed by atoms with van der Waals surface area (Å²) in [5, 5.41) is 20.6. The highest BCUT2D eigenvalue weighted by molar-refractivity contribution is 7.99. The highest BCUT2D eigenvalue weighted by Gasteiger charge is 2.26. The number of thioether (sulfide) groups is 1. The maximum Gasteiger partial charge on any atom is 0.305 e. The van der Waals surface area contributed by atoms with Crippen LogP contribution in [0.3, 0.4) is 0 Å². The van der Waals surface area contributed by atoms with E-state index in [2.05, 4.69) is 15.5 Å². The maximum atomic E-state index is 10.7. The van der Waals surface area contributed by atoms with E-state index in [4.69, 9.17) is 5.11 Å². The molecular weight excluding hydrogens is 228 g/mol. The van der Waals surface area contributed by atoms with E-state index >= 15 is 0 Å². The van der Waals surface area contributed by atoms with Crippen LogP contribution in [-0.4, -0.2) is 37.0 Å². The summed E-state index contributed by atoms with van der Waals surface area (Å²) in [6.07, 6.45) is 2.30. The van der Waals surface area contributed by atoms with Crippen LogP contribution < -0.4 is 0 Å². The Morgan fingerprint density at radius 3 is 3.19 bits per heavy atom. The molecule has 0 aromatic carbocycles. The second-order valence-corrected chi connectivity index (χ2v) is 5.24. The smallest absolute Gasteiger partial charge is 0.305 e. The molecule has 1 saturated heterocycles. The Bertz CT molecular complexity index is 375. The van der Waals surface area contributed by atoms with Crippen molar-refractivity contribution in [2.24, 2.45) is 0 Å². The fourth-order valence-electron chi connectivity index (χ4n) is 1.85. The Morgan fingerprint density at radius 2 is 2.56 bits per heavy atom. The van der Waals surface area contributed by atoms with Gasteiger partial charge in [-0.25, -0.2) is 4.68 Å². The van der Waals surface area contributed by atoms with Gasteiger partial charge in [0.1, 0.15) is 0 Å². The summed E-state index contributed by atoms with van der Waals surface area (Å²) in [5.74, 6) is 1.12. The highest BCUT2D eigenvalue weighted by Crippen LogP contribution is 2.39. The van der Waals surface area contributed by atoms with E-state index < -0.39 is 5.97 Å². The lowest BCUT2D eigenvalue weighted by Crippen LogP contribution is -2.15. The quantitative estimate of drug-likeness (QED) is 0.856. The van der Waals surface area contributed by atoms with E-state index in [-0.39, 0.29) is 12.5 Å². The Hall–Kier alpha value is -1.11. The van der Waals surface area contributed by atoms with Crippen molar-refractivity contribution in [1.29, 1.82) is 0 Å². The summed E-state index contributed by atoms with van der Waals surface area (Å²) >= 11 is 1.84. The van der Waals surface area contributed by atoms with E-state index in [1.165, 1.54) is 6.42 Å². The summed E-state index contributed by atoms with van der Waals surface area (Å²) in [6.45, 7) is 1.83. The average molecular weight is 242 g/mol. The molecule has 6 nitrogen and oxygen atoms in total. The summed E-state index contributed by atoms with van der Waals surface area (Å²) in [7, 11) is 0. The van der Waals surface area contributed by atoms with Gasteiger partial charge in [-0.05, 0) is 35.9 Å². The molecule has 0 saturated carbocycles. The summed E-state index contributed by atoms with van der Waals surface area (Å²) in [5.41, 5.74) is 0. The van der Waals surface area contributed by atoms with Gasteiger partial charge in [0.2, 0.25) is 0 Å². The lowest BCUT2D eigenvalue weighted by Gasteiger charge is -2.13. The van der Waals surface area contributed by atoms with Crippen molar-refractivity contribution < 1.29 is 9.90 Å². The van der Waals surface area contributed by atoms with Crippen molar-refractivity contribution in [3.8, 4) is 0 Å². The summed E-state index contributed by atoms with van der Waals surface area (Å²) in [6, 6.07) is -0.191. The van der Waals surface area contributed by atoms with Gasteiger partial charge in [0.05, 0.1) is 17.7 Å². The zero-order valence-corrected chi connectivity index (χ0v) is 9.85. The van der Waals surface area contributed by atoms with Gasteiger partial charge >= 0.3 is 5.97 Å². The van der Waals surface area contributed by atoms with Crippen LogP contribution in [0, 0.1) is 0 Å². The predicted molar refractivity (Wildman–Crippen MR) is 59.2 cm³/mol. The first-order chi connectivity index (χ1) is 7.68. The number of carbonyl (C=O) groups is 1. The molecule has 2 heterocycles. The SMILES string of the molecule is CC(CC(=O)O)n1nnnc1C1CCCS1. The van der Waals surface area contributed by atoms with Crippen LogP contribution in [0.15, 0.2) is 0 Å². The normalized spacial score (nSPS) is 22.2. The van der Waals surface area contributed by atoms with Crippen molar-refractivity contribution in [3.63, 3.8) is 0 Å². The minimum Gasteiger partial charge on any atom is -0.481 e. The van der Waals surface area contributed by atoms with Gasteiger partial charge in [0.15, 0.2) is 5.82 Å². The largest absolute Gasteiger partial charge is 0.481 e. The first kappa shape index (κ1) is 11.4. The Labute approximate surface area is 97.4 Å². The Kier molecular flexibility index (Phi) is 3.42. The first-order valence-corrected chi connectivity index (χ1v) is 6.34. The molecule has 2 atom stereocenters. The number of tetrazole rings is 1. The van der Waals surface area contributed by atoms with Crippen LogP contribution in [0.25, 0.3) is 0 Å². The number of aromatic nitrogens is 4. The molecule has 16 heavy (non-hydrogen) atoms. The molecule has 0 spiro atoms. The molecule has 1 aliphatic rings. The van der Waals surface area contributed by atoms with Crippen LogP contribution in [-0.2, 0) is 4.79 Å². The molecule has 1 aromatic heterocycles. The molecule has 0 amide bonds. The van der Waals surface area contributed by atoms with Crippen molar-refractivity contribution in [2.45, 2.75) is 37.5 Å². The number of hydrogen-bond acceptors (Lipinski definition) is 5. The number of hydrogen-bond donors (Lipinski definition) is 1. The van der Waals surface area contributed by atoms with E-state index in [1.54, 1.807) is 4.68 Å². The molecule has 0 radical (unpaired) electrons. The molecule has 1 aliphatic heterocycles. The van der Waals surface area contributed by atoms with Crippen molar-refractivity contribution in [1.82, 2.24) is 20.2 Å². The van der Waals surface area contributed by atoms with E-state index in [0.29, 0.717) is 5.25 Å². The second-order valence-electron chi connectivity index (χ2n) is 3.93. The van der Waals surface area contributed by atoms with Gasteiger partial charge in [0.25, 0.3) is 0 Å². The van der Waals surface area contributed by atoms with E-state index in [0.717, 1.165) is 18.0 Å². The first-order valence-electron chi connectivity index (χ1n) is 5.29. The van der Waals surface area contributed by atoms with Gasteiger partial charge < -0.3 is 5.11 Å². The fourth-order valence-corrected chi connectivity index (χ4v) is 3.10. The van der Waals surface area contributed by atoms with E-state index in [1.807, 2.05) is 18.7 Å². The fraction of sp³-hybridized carbons (Fsp3) is 0.778. The third kappa shape index (κ3) is 2.34. The Balaban J connectivity index is 2.14. The number of aliphatic carboxylic acids is 1. The summed E-state index contributed by atoms with van der Waals surface area (Å²) in [4.78, 5) is 10.7. The minimum absolute atomic E-state index is 0.0510. The minimum atomic E-state index is -0.826. The molecular formula is C9H14N4O2S. The van der Waals surface area contributed by atoms with Crippen LogP contribution in [0.5, 0.6) is 0 Å². The number of carboxylic acid groups (broad SMARTS) is 1. The molecule has 2 rings (SSSR count). The third-order valence-electron chi connectivity index (χ3n) is 2.62. The van der Waals surface area contributed by atoms with Gasteiger partial charge in [-0.1, -0.05) is 0 Å². The molecule has 2 unspecified atom stereocenters. The lowest BCUT2D eigenvalue weighted by atomic mass is 10.2. The Morgan fingerprint density at radius 1 is 1.75 bits per heavy atom. The monoisotopic (exact) mass is 242 g/mol. The summed E-state index contributed by atoms with van der Waals surface area (Å²) < 4.78 is 1.65. The molecule has 1 N–H and O–H groups in total. The molecule has 7 heteroatoms. The van der Waals surface area contributed by atoms with Crippen LogP contribution in [0.1, 0.15) is 43.3 Å². The predicted octanol–water partition coefficient (Wildman–Crippen LogP) is 1.28. The van der Waals surface area contributed by atoms with Crippen LogP contribution in [0.2, 0.25) is 0 Å². The van der Waals surface area contributed by atoms with Crippen molar-refractivity contribution >= 4 is 17.7 Å². The van der Waals surface area contributed by atoms with Gasteiger partial charge in [-0.3, -0.25) is 4.79 Å². The lowest BCUT2D eigenvalue weighted by molar-refractivity contribution is -0.137. The number of nitrogens with zero attached hydrogens (tertiary/aromatic N) is 4. The molecule has 0 aliphatic carbocycles. The average Bonchev–Trinajstić information content (AvgIpc) is 2.87. The molecule has 1 fully saturated rings. The van der Waals surface area contributed by atoms with Crippen LogP contribution in [0.4, 0.5) is 0 Å². The van der Waals surface area contributed by atoms with Crippen LogP contribution >= 0.6 is 11.8 Å².